The summed E-state index contributed by atoms with van der Waals surface area (Å²) in [5.74, 6) is 0. The van der Waals surface area contributed by atoms with Gasteiger partial charge in [-0.25, -0.2) is 0 Å². The molecule has 5 aromatic rings. The summed E-state index contributed by atoms with van der Waals surface area (Å²) in [5.41, 5.74) is 14.7. The number of nitrogens with zero attached hydrogens (tertiary/aromatic N) is 1. The van der Waals surface area contributed by atoms with Crippen molar-refractivity contribution in [3.8, 4) is 0 Å². The van der Waals surface area contributed by atoms with Gasteiger partial charge in [-0.15, -0.1) is 0 Å². The molecule has 5 rings (SSSR count). The Bertz CT molecular complexity index is 1280. The van der Waals surface area contributed by atoms with E-state index in [1.165, 1.54) is 11.1 Å². The lowest BCUT2D eigenvalue weighted by atomic mass is 10.1. The second kappa shape index (κ2) is 12.8. The number of hydrogen-bond donors (Lipinski definition) is 2. The van der Waals surface area contributed by atoms with Gasteiger partial charge in [0.15, 0.2) is 0 Å². The van der Waals surface area contributed by atoms with Crippen LogP contribution in [0.2, 0.25) is 0 Å². The van der Waals surface area contributed by atoms with Gasteiger partial charge in [-0.2, -0.15) is 0 Å². The zero-order chi connectivity index (χ0) is 25.9. The number of aldehydes is 1. The van der Waals surface area contributed by atoms with Gasteiger partial charge in [0.2, 0.25) is 0 Å². The average Bonchev–Trinajstić information content (AvgIpc) is 2.96. The molecule has 2 N–H and O–H groups in total. The summed E-state index contributed by atoms with van der Waals surface area (Å²) in [6, 6.07) is 44.5. The molecule has 37 heavy (non-hydrogen) atoms. The molecule has 0 atom stereocenters. The highest BCUT2D eigenvalue weighted by Gasteiger charge is 2.12. The van der Waals surface area contributed by atoms with Crippen molar-refractivity contribution in [1.29, 1.82) is 0 Å². The Morgan fingerprint density at radius 2 is 0.838 bits per heavy atom. The molecule has 0 aliphatic rings. The maximum Gasteiger partial charge on any atom is 0.150 e. The molecule has 184 valence electrons. The smallest absolute Gasteiger partial charge is 0.150 e. The number of aryl methyl sites for hydroxylation is 2. The van der Waals surface area contributed by atoms with E-state index >= 15 is 0 Å². The highest BCUT2D eigenvalue weighted by atomic mass is 16.1. The largest absolute Gasteiger partial charge is 0.311 e. The van der Waals surface area contributed by atoms with Gasteiger partial charge in [0.25, 0.3) is 0 Å². The van der Waals surface area contributed by atoms with Crippen LogP contribution in [0.4, 0.5) is 28.4 Å². The van der Waals surface area contributed by atoms with Crippen LogP contribution in [-0.2, 0) is 0 Å². The Kier molecular flexibility index (Phi) is 8.71. The van der Waals surface area contributed by atoms with Crippen molar-refractivity contribution in [1.82, 2.24) is 0 Å². The maximum atomic E-state index is 10.9. The summed E-state index contributed by atoms with van der Waals surface area (Å²) in [4.78, 5) is 13.1. The van der Waals surface area contributed by atoms with Crippen LogP contribution in [0.5, 0.6) is 0 Å². The lowest BCUT2D eigenvalue weighted by Gasteiger charge is -2.25. The molecule has 0 unspecified atom stereocenters. The summed E-state index contributed by atoms with van der Waals surface area (Å²) < 4.78 is 0. The van der Waals surface area contributed by atoms with Crippen LogP contribution >= 0.6 is 0 Å². The topological polar surface area (TPSA) is 44.4 Å². The highest BCUT2D eigenvalue weighted by Crippen LogP contribution is 2.34. The van der Waals surface area contributed by atoms with Crippen LogP contribution < -0.4 is 15.8 Å². The Morgan fingerprint density at radius 1 is 0.486 bits per heavy atom. The average molecular weight is 486 g/mol. The molecule has 0 saturated heterocycles. The predicted octanol–water partition coefficient (Wildman–Crippen LogP) is 8.71. The monoisotopic (exact) mass is 485 g/mol. The van der Waals surface area contributed by atoms with Crippen molar-refractivity contribution in [2.75, 3.05) is 15.8 Å². The second-order valence-corrected chi connectivity index (χ2v) is 8.70. The van der Waals surface area contributed by atoms with Crippen LogP contribution in [0.25, 0.3) is 0 Å². The van der Waals surface area contributed by atoms with Crippen LogP contribution in [0.15, 0.2) is 133 Å². The van der Waals surface area contributed by atoms with E-state index in [0.717, 1.165) is 34.7 Å². The number of anilines is 5. The molecule has 0 heterocycles. The molecule has 0 aliphatic heterocycles. The van der Waals surface area contributed by atoms with E-state index in [1.807, 2.05) is 84.9 Å². The minimum atomic E-state index is 0.682. The molecule has 4 heteroatoms. The maximum absolute atomic E-state index is 10.9. The van der Waals surface area contributed by atoms with E-state index in [9.17, 15) is 4.79 Å². The standard InChI is InChI=1S/C21H19NO.C12H12N2/c1-16-3-9-19(10-4-16)22(20-11-5-17(2)6-12-20)21-13-7-18(15-23)8-14-21;1-3-7-11(8-4-1)13-14-12-9-5-2-6-10-12/h3-15H,1-2H3;1-10,13-14H. The van der Waals surface area contributed by atoms with Crippen LogP contribution in [0, 0.1) is 13.8 Å². The minimum absolute atomic E-state index is 0.682. The molecule has 0 amide bonds. The summed E-state index contributed by atoms with van der Waals surface area (Å²) in [6.45, 7) is 4.16. The first kappa shape index (κ1) is 25.3. The number of carbonyl (C=O) groups excluding carboxylic acids is 1. The first-order valence-corrected chi connectivity index (χ1v) is 12.2. The van der Waals surface area contributed by atoms with Crippen molar-refractivity contribution in [3.63, 3.8) is 0 Å². The Labute approximate surface area is 219 Å². The molecule has 0 aromatic heterocycles. The van der Waals surface area contributed by atoms with Crippen LogP contribution in [0.3, 0.4) is 0 Å². The van der Waals surface area contributed by atoms with Gasteiger partial charge in [0.05, 0.1) is 11.4 Å². The number of carbonyl (C=O) groups is 1. The number of hydrazine groups is 1. The van der Waals surface area contributed by atoms with E-state index < -0.39 is 0 Å². The van der Waals surface area contributed by atoms with Gasteiger partial charge < -0.3 is 15.8 Å². The third-order valence-electron chi connectivity index (χ3n) is 5.77. The van der Waals surface area contributed by atoms with E-state index in [2.05, 4.69) is 78.1 Å². The molecule has 5 aromatic carbocycles. The third kappa shape index (κ3) is 7.33. The van der Waals surface area contributed by atoms with Crippen molar-refractivity contribution < 1.29 is 4.79 Å². The molecule has 4 nitrogen and oxygen atoms in total. The fourth-order valence-electron chi connectivity index (χ4n) is 3.72. The number of hydrogen-bond acceptors (Lipinski definition) is 4. The van der Waals surface area contributed by atoms with Crippen LogP contribution in [-0.4, -0.2) is 6.29 Å². The summed E-state index contributed by atoms with van der Waals surface area (Å²) in [6.07, 6.45) is 0.867. The molecule has 0 aliphatic carbocycles. The van der Waals surface area contributed by atoms with E-state index in [1.54, 1.807) is 0 Å². The van der Waals surface area contributed by atoms with E-state index in [0.29, 0.717) is 5.56 Å². The number of nitrogens with one attached hydrogen (secondary N) is 2. The number of benzene rings is 5. The molecule has 0 radical (unpaired) electrons. The van der Waals surface area contributed by atoms with Crippen molar-refractivity contribution in [2.24, 2.45) is 0 Å². The normalized spacial score (nSPS) is 10.0. The molecule has 0 bridgehead atoms. The Morgan fingerprint density at radius 3 is 1.19 bits per heavy atom. The lowest BCUT2D eigenvalue weighted by molar-refractivity contribution is 0.112. The van der Waals surface area contributed by atoms with Gasteiger partial charge in [0.1, 0.15) is 6.29 Å². The summed E-state index contributed by atoms with van der Waals surface area (Å²) in [7, 11) is 0. The molecule has 0 saturated carbocycles. The van der Waals surface area contributed by atoms with Gasteiger partial charge in [-0.05, 0) is 86.6 Å². The predicted molar refractivity (Wildman–Crippen MR) is 156 cm³/mol. The van der Waals surface area contributed by atoms with Crippen molar-refractivity contribution >= 4 is 34.7 Å². The van der Waals surface area contributed by atoms with Gasteiger partial charge >= 0.3 is 0 Å². The Balaban J connectivity index is 0.000000195. The van der Waals surface area contributed by atoms with Gasteiger partial charge in [0, 0.05) is 22.6 Å². The van der Waals surface area contributed by atoms with Gasteiger partial charge in [-0.1, -0.05) is 71.8 Å². The minimum Gasteiger partial charge on any atom is -0.311 e. The second-order valence-electron chi connectivity index (χ2n) is 8.70. The summed E-state index contributed by atoms with van der Waals surface area (Å²) in [5, 5.41) is 0. The molecular weight excluding hydrogens is 454 g/mol. The summed E-state index contributed by atoms with van der Waals surface area (Å²) >= 11 is 0. The first-order chi connectivity index (χ1) is 18.1. The first-order valence-electron chi connectivity index (χ1n) is 12.2. The quantitative estimate of drug-likeness (QED) is 0.179. The molecule has 0 spiro atoms. The molecule has 0 fully saturated rings. The number of rotatable bonds is 7. The lowest BCUT2D eigenvalue weighted by Crippen LogP contribution is -2.09. The Hall–Kier alpha value is -4.83. The SMILES string of the molecule is Cc1ccc(N(c2ccc(C)cc2)c2ccc(C=O)cc2)cc1.c1ccc(NNc2ccccc2)cc1. The van der Waals surface area contributed by atoms with E-state index in [-0.39, 0.29) is 0 Å². The number of para-hydroxylation sites is 2. The third-order valence-corrected chi connectivity index (χ3v) is 5.77. The van der Waals surface area contributed by atoms with Crippen molar-refractivity contribution in [3.05, 3.63) is 150 Å². The van der Waals surface area contributed by atoms with Gasteiger partial charge in [-0.3, -0.25) is 4.79 Å². The van der Waals surface area contributed by atoms with Crippen LogP contribution in [0.1, 0.15) is 21.5 Å². The fraction of sp³-hybridized carbons (Fsp3) is 0.0606. The zero-order valence-electron chi connectivity index (χ0n) is 21.1. The van der Waals surface area contributed by atoms with Crippen molar-refractivity contribution in [2.45, 2.75) is 13.8 Å². The molecular formula is C33H31N3O. The fourth-order valence-corrected chi connectivity index (χ4v) is 3.72. The zero-order valence-corrected chi connectivity index (χ0v) is 21.1. The highest BCUT2D eigenvalue weighted by molar-refractivity contribution is 5.80. The van der Waals surface area contributed by atoms with E-state index in [4.69, 9.17) is 0 Å².